The van der Waals surface area contributed by atoms with E-state index in [-0.39, 0.29) is 5.46 Å². The fourth-order valence-corrected chi connectivity index (χ4v) is 1.76. The van der Waals surface area contributed by atoms with E-state index in [4.69, 9.17) is 10.0 Å². The third-order valence-corrected chi connectivity index (χ3v) is 2.53. The minimum atomic E-state index is -1.64. The van der Waals surface area contributed by atoms with Gasteiger partial charge in [-0.25, -0.2) is 4.39 Å². The molecule has 0 atom stereocenters. The summed E-state index contributed by atoms with van der Waals surface area (Å²) in [6.07, 6.45) is 0.568. The summed E-state index contributed by atoms with van der Waals surface area (Å²) in [6, 6.07) is 13.8. The second-order valence-electron chi connectivity index (χ2n) is 3.93. The quantitative estimate of drug-likeness (QED) is 0.775. The monoisotopic (exact) mass is 230 g/mol. The second kappa shape index (κ2) is 5.12. The molecule has 17 heavy (non-hydrogen) atoms. The Hall–Kier alpha value is -1.65. The Balaban J connectivity index is 2.27. The summed E-state index contributed by atoms with van der Waals surface area (Å²) in [5, 5.41) is 18.1. The molecule has 0 aliphatic heterocycles. The van der Waals surface area contributed by atoms with E-state index in [2.05, 4.69) is 0 Å². The lowest BCUT2D eigenvalue weighted by molar-refractivity contribution is 0.425. The first-order chi connectivity index (χ1) is 8.15. The van der Waals surface area contributed by atoms with Gasteiger partial charge in [-0.15, -0.1) is 0 Å². The SMILES string of the molecule is OB(O)c1cc(F)cc(Cc2ccccc2)c1. The Morgan fingerprint density at radius 3 is 2.29 bits per heavy atom. The number of hydrogen-bond acceptors (Lipinski definition) is 2. The molecule has 0 heterocycles. The molecular formula is C13H12BFO2. The molecule has 2 rings (SSSR count). The number of hydrogen-bond donors (Lipinski definition) is 2. The molecule has 0 saturated carbocycles. The number of halogens is 1. The fourth-order valence-electron chi connectivity index (χ4n) is 1.76. The van der Waals surface area contributed by atoms with E-state index >= 15 is 0 Å². The highest BCUT2D eigenvalue weighted by Crippen LogP contribution is 2.09. The van der Waals surface area contributed by atoms with Crippen molar-refractivity contribution in [3.05, 3.63) is 65.5 Å². The van der Waals surface area contributed by atoms with Gasteiger partial charge in [-0.1, -0.05) is 36.4 Å². The minimum absolute atomic E-state index is 0.177. The summed E-state index contributed by atoms with van der Waals surface area (Å²) < 4.78 is 13.3. The molecule has 0 unspecified atom stereocenters. The topological polar surface area (TPSA) is 40.5 Å². The van der Waals surface area contributed by atoms with Crippen LogP contribution < -0.4 is 5.46 Å². The Bertz CT molecular complexity index is 500. The molecule has 86 valence electrons. The van der Waals surface area contributed by atoms with Gasteiger partial charge in [0, 0.05) is 0 Å². The lowest BCUT2D eigenvalue weighted by atomic mass is 9.79. The van der Waals surface area contributed by atoms with Crippen LogP contribution in [0.25, 0.3) is 0 Å². The van der Waals surface area contributed by atoms with Crippen LogP contribution in [0.15, 0.2) is 48.5 Å². The predicted octanol–water partition coefficient (Wildman–Crippen LogP) is 1.10. The lowest BCUT2D eigenvalue weighted by Crippen LogP contribution is -2.30. The molecule has 0 aliphatic rings. The van der Waals surface area contributed by atoms with Crippen LogP contribution in [-0.2, 0) is 6.42 Å². The largest absolute Gasteiger partial charge is 0.488 e. The molecule has 0 fully saturated rings. The van der Waals surface area contributed by atoms with Crippen LogP contribution in [0.3, 0.4) is 0 Å². The molecule has 0 aliphatic carbocycles. The summed E-state index contributed by atoms with van der Waals surface area (Å²) in [6.45, 7) is 0. The van der Waals surface area contributed by atoms with Crippen molar-refractivity contribution >= 4 is 12.6 Å². The maximum Gasteiger partial charge on any atom is 0.488 e. The summed E-state index contributed by atoms with van der Waals surface area (Å²) in [7, 11) is -1.64. The second-order valence-corrected chi connectivity index (χ2v) is 3.93. The third kappa shape index (κ3) is 3.15. The maximum atomic E-state index is 13.3. The molecular weight excluding hydrogens is 218 g/mol. The molecule has 0 aromatic heterocycles. The molecule has 0 saturated heterocycles. The fraction of sp³-hybridized carbons (Fsp3) is 0.0769. The summed E-state index contributed by atoms with van der Waals surface area (Å²) in [4.78, 5) is 0. The van der Waals surface area contributed by atoms with Gasteiger partial charge in [0.1, 0.15) is 5.82 Å². The van der Waals surface area contributed by atoms with E-state index in [1.165, 1.54) is 6.07 Å². The average Bonchev–Trinajstić information content (AvgIpc) is 2.29. The van der Waals surface area contributed by atoms with Gasteiger partial charge in [0.15, 0.2) is 0 Å². The van der Waals surface area contributed by atoms with Crippen LogP contribution in [-0.4, -0.2) is 17.2 Å². The van der Waals surface area contributed by atoms with Gasteiger partial charge in [-0.2, -0.15) is 0 Å². The van der Waals surface area contributed by atoms with Crippen LogP contribution in [0, 0.1) is 5.82 Å². The molecule has 0 amide bonds. The molecule has 0 spiro atoms. The number of benzene rings is 2. The molecule has 2 nitrogen and oxygen atoms in total. The number of rotatable bonds is 3. The minimum Gasteiger partial charge on any atom is -0.423 e. The predicted molar refractivity (Wildman–Crippen MR) is 65.5 cm³/mol. The first kappa shape index (κ1) is 11.8. The smallest absolute Gasteiger partial charge is 0.423 e. The molecule has 0 radical (unpaired) electrons. The van der Waals surface area contributed by atoms with Crippen LogP contribution in [0.4, 0.5) is 4.39 Å². The van der Waals surface area contributed by atoms with Crippen molar-refractivity contribution in [1.29, 1.82) is 0 Å². The van der Waals surface area contributed by atoms with E-state index in [1.54, 1.807) is 6.07 Å². The highest BCUT2D eigenvalue weighted by molar-refractivity contribution is 6.58. The molecule has 0 bridgehead atoms. The van der Waals surface area contributed by atoms with Crippen LogP contribution in [0.1, 0.15) is 11.1 Å². The summed E-state index contributed by atoms with van der Waals surface area (Å²) >= 11 is 0. The van der Waals surface area contributed by atoms with E-state index < -0.39 is 12.9 Å². The van der Waals surface area contributed by atoms with E-state index in [0.29, 0.717) is 6.42 Å². The van der Waals surface area contributed by atoms with Crippen molar-refractivity contribution in [3.63, 3.8) is 0 Å². The van der Waals surface area contributed by atoms with Gasteiger partial charge in [0.05, 0.1) is 0 Å². The van der Waals surface area contributed by atoms with Crippen molar-refractivity contribution in [2.24, 2.45) is 0 Å². The van der Waals surface area contributed by atoms with E-state index in [0.717, 1.165) is 17.2 Å². The lowest BCUT2D eigenvalue weighted by Gasteiger charge is -2.06. The zero-order chi connectivity index (χ0) is 12.3. The van der Waals surface area contributed by atoms with Crippen LogP contribution in [0.5, 0.6) is 0 Å². The van der Waals surface area contributed by atoms with Crippen molar-refractivity contribution in [2.45, 2.75) is 6.42 Å². The van der Waals surface area contributed by atoms with Crippen molar-refractivity contribution in [1.82, 2.24) is 0 Å². The van der Waals surface area contributed by atoms with Crippen LogP contribution >= 0.6 is 0 Å². The normalized spacial score (nSPS) is 10.3. The highest BCUT2D eigenvalue weighted by atomic mass is 19.1. The van der Waals surface area contributed by atoms with E-state index in [9.17, 15) is 4.39 Å². The van der Waals surface area contributed by atoms with Gasteiger partial charge in [0.2, 0.25) is 0 Å². The van der Waals surface area contributed by atoms with Gasteiger partial charge in [-0.05, 0) is 35.1 Å². The van der Waals surface area contributed by atoms with Crippen molar-refractivity contribution < 1.29 is 14.4 Å². The third-order valence-electron chi connectivity index (χ3n) is 2.53. The maximum absolute atomic E-state index is 13.3. The molecule has 2 aromatic carbocycles. The first-order valence-corrected chi connectivity index (χ1v) is 5.34. The standard InChI is InChI=1S/C13H12BFO2/c15-13-8-11(7-12(9-13)14(16)17)6-10-4-2-1-3-5-10/h1-5,7-9,16-17H,6H2. The summed E-state index contributed by atoms with van der Waals surface area (Å²) in [5.41, 5.74) is 1.95. The van der Waals surface area contributed by atoms with Gasteiger partial charge < -0.3 is 10.0 Å². The molecule has 4 heteroatoms. The van der Waals surface area contributed by atoms with Gasteiger partial charge >= 0.3 is 7.12 Å². The molecule has 2 aromatic rings. The zero-order valence-corrected chi connectivity index (χ0v) is 9.18. The van der Waals surface area contributed by atoms with Gasteiger partial charge in [0.25, 0.3) is 0 Å². The Morgan fingerprint density at radius 2 is 1.65 bits per heavy atom. The van der Waals surface area contributed by atoms with Crippen molar-refractivity contribution in [3.8, 4) is 0 Å². The molecule has 2 N–H and O–H groups in total. The van der Waals surface area contributed by atoms with Crippen LogP contribution in [0.2, 0.25) is 0 Å². The Morgan fingerprint density at radius 1 is 0.941 bits per heavy atom. The summed E-state index contributed by atoms with van der Waals surface area (Å²) in [5.74, 6) is -0.457. The average molecular weight is 230 g/mol. The zero-order valence-electron chi connectivity index (χ0n) is 9.18. The highest BCUT2D eigenvalue weighted by Gasteiger charge is 2.13. The van der Waals surface area contributed by atoms with Crippen molar-refractivity contribution in [2.75, 3.05) is 0 Å². The first-order valence-electron chi connectivity index (χ1n) is 5.34. The Labute approximate surface area is 99.5 Å². The van der Waals surface area contributed by atoms with E-state index in [1.807, 2.05) is 30.3 Å². The van der Waals surface area contributed by atoms with Gasteiger partial charge in [-0.3, -0.25) is 0 Å². The Kier molecular flexibility index (Phi) is 3.56.